The zero-order valence-electron chi connectivity index (χ0n) is 8.17. The average molecular weight is 188 g/mol. The highest BCUT2D eigenvalue weighted by atomic mass is 16.6. The van der Waals surface area contributed by atoms with Gasteiger partial charge in [0, 0.05) is 0 Å². The Kier molecular flexibility index (Phi) is 3.71. The molecule has 0 bridgehead atoms. The van der Waals surface area contributed by atoms with Crippen LogP contribution in [0.5, 0.6) is 0 Å². The minimum absolute atomic E-state index is 0.158. The van der Waals surface area contributed by atoms with Crippen LogP contribution in [0.2, 0.25) is 0 Å². The van der Waals surface area contributed by atoms with Gasteiger partial charge < -0.3 is 15.2 Å². The number of hydrogen-bond donors (Lipinski definition) is 2. The van der Waals surface area contributed by atoms with Crippen molar-refractivity contribution in [1.82, 2.24) is 5.32 Å². The van der Waals surface area contributed by atoms with Gasteiger partial charge in [-0.1, -0.05) is 0 Å². The number of ether oxygens (including phenoxy) is 1. The second-order valence-electron chi connectivity index (χ2n) is 3.56. The molecule has 0 aliphatic rings. The number of nitrogens with one attached hydrogen (secondary N) is 1. The lowest BCUT2D eigenvalue weighted by molar-refractivity contribution is -0.135. The molecular formula is C8H14NO4. The largest absolute Gasteiger partial charge is 0.479 e. The van der Waals surface area contributed by atoms with E-state index in [9.17, 15) is 9.59 Å². The summed E-state index contributed by atoms with van der Waals surface area (Å²) in [6, 6.07) is -0.158. The van der Waals surface area contributed by atoms with Crippen molar-refractivity contribution in [2.45, 2.75) is 33.3 Å². The van der Waals surface area contributed by atoms with Gasteiger partial charge in [0.1, 0.15) is 5.60 Å². The van der Waals surface area contributed by atoms with Gasteiger partial charge in [-0.2, -0.15) is 0 Å². The van der Waals surface area contributed by atoms with E-state index in [4.69, 9.17) is 9.84 Å². The molecule has 0 spiro atoms. The maximum Gasteiger partial charge on any atom is 0.408 e. The van der Waals surface area contributed by atoms with Crippen LogP contribution >= 0.6 is 0 Å². The molecule has 1 amide bonds. The predicted molar refractivity (Wildman–Crippen MR) is 45.9 cm³/mol. The Hall–Kier alpha value is -1.26. The Bertz CT molecular complexity index is 207. The van der Waals surface area contributed by atoms with Crippen LogP contribution in [0.4, 0.5) is 4.79 Å². The first-order valence-electron chi connectivity index (χ1n) is 3.79. The molecule has 0 unspecified atom stereocenters. The van der Waals surface area contributed by atoms with Gasteiger partial charge in [0.25, 0.3) is 0 Å². The topological polar surface area (TPSA) is 75.6 Å². The van der Waals surface area contributed by atoms with Gasteiger partial charge in [0.15, 0.2) is 6.04 Å². The number of carbonyl (C=O) groups is 2. The molecular weight excluding hydrogens is 174 g/mol. The molecule has 0 saturated carbocycles. The number of aliphatic carboxylic acids is 1. The van der Waals surface area contributed by atoms with E-state index in [1.54, 1.807) is 20.8 Å². The summed E-state index contributed by atoms with van der Waals surface area (Å²) in [5, 5.41) is 10.5. The highest BCUT2D eigenvalue weighted by Crippen LogP contribution is 2.07. The Morgan fingerprint density at radius 2 is 1.77 bits per heavy atom. The number of carboxylic acid groups (broad SMARTS) is 1. The number of rotatable bonds is 2. The summed E-state index contributed by atoms with van der Waals surface area (Å²) in [7, 11) is 0. The van der Waals surface area contributed by atoms with Crippen LogP contribution in [-0.4, -0.2) is 22.8 Å². The molecule has 0 aliphatic heterocycles. The molecule has 75 valence electrons. The van der Waals surface area contributed by atoms with Crippen LogP contribution in [0.1, 0.15) is 27.7 Å². The minimum atomic E-state index is -1.18. The first kappa shape index (κ1) is 11.7. The van der Waals surface area contributed by atoms with Crippen LogP contribution in [0.25, 0.3) is 0 Å². The summed E-state index contributed by atoms with van der Waals surface area (Å²) in [5.41, 5.74) is -0.622. The zero-order valence-corrected chi connectivity index (χ0v) is 8.17. The molecule has 0 saturated heterocycles. The van der Waals surface area contributed by atoms with Crippen molar-refractivity contribution in [2.75, 3.05) is 0 Å². The van der Waals surface area contributed by atoms with Crippen molar-refractivity contribution in [2.24, 2.45) is 0 Å². The molecule has 13 heavy (non-hydrogen) atoms. The lowest BCUT2D eigenvalue weighted by Crippen LogP contribution is -2.36. The van der Waals surface area contributed by atoms with Gasteiger partial charge in [0.05, 0.1) is 0 Å². The van der Waals surface area contributed by atoms with Gasteiger partial charge in [0.2, 0.25) is 0 Å². The van der Waals surface area contributed by atoms with Gasteiger partial charge in [-0.25, -0.2) is 9.59 Å². The van der Waals surface area contributed by atoms with Crippen LogP contribution in [0.3, 0.4) is 0 Å². The number of hydrogen-bond acceptors (Lipinski definition) is 3. The van der Waals surface area contributed by atoms with Crippen LogP contribution in [-0.2, 0) is 9.53 Å². The standard InChI is InChI=1S/C8H14NO4/c1-5(6(10)11)9-7(12)13-8(2,3)4/h1-4H3,(H,9,12)(H,10,11). The van der Waals surface area contributed by atoms with E-state index in [1.807, 2.05) is 0 Å². The Labute approximate surface area is 77.1 Å². The third kappa shape index (κ3) is 5.95. The highest BCUT2D eigenvalue weighted by Gasteiger charge is 2.20. The molecule has 0 heterocycles. The SMILES string of the molecule is C[C](NC(=O)OC(C)(C)C)C(=O)O. The van der Waals surface area contributed by atoms with Crippen LogP contribution in [0, 0.1) is 6.04 Å². The number of amides is 1. The van der Waals surface area contributed by atoms with Crippen molar-refractivity contribution in [3.05, 3.63) is 6.04 Å². The lowest BCUT2D eigenvalue weighted by atomic mass is 10.2. The van der Waals surface area contributed by atoms with Crippen LogP contribution in [0.15, 0.2) is 0 Å². The van der Waals surface area contributed by atoms with Crippen LogP contribution < -0.4 is 5.32 Å². The first-order valence-corrected chi connectivity index (χ1v) is 3.79. The molecule has 5 heteroatoms. The summed E-state index contributed by atoms with van der Waals surface area (Å²) < 4.78 is 4.82. The summed E-state index contributed by atoms with van der Waals surface area (Å²) in [5.74, 6) is -1.18. The minimum Gasteiger partial charge on any atom is -0.479 e. The van der Waals surface area contributed by atoms with Crippen molar-refractivity contribution in [3.63, 3.8) is 0 Å². The van der Waals surface area contributed by atoms with Gasteiger partial charge >= 0.3 is 12.1 Å². The molecule has 0 aromatic carbocycles. The molecule has 2 N–H and O–H groups in total. The quantitative estimate of drug-likeness (QED) is 0.681. The summed E-state index contributed by atoms with van der Waals surface area (Å²) in [6.45, 7) is 6.38. The summed E-state index contributed by atoms with van der Waals surface area (Å²) in [6.07, 6.45) is -0.757. The third-order valence-corrected chi connectivity index (χ3v) is 1.01. The maximum absolute atomic E-state index is 11.0. The van der Waals surface area contributed by atoms with E-state index < -0.39 is 17.7 Å². The molecule has 0 fully saturated rings. The van der Waals surface area contributed by atoms with E-state index in [-0.39, 0.29) is 6.04 Å². The van der Waals surface area contributed by atoms with Crippen molar-refractivity contribution < 1.29 is 19.4 Å². The summed E-state index contributed by atoms with van der Waals surface area (Å²) in [4.78, 5) is 21.2. The first-order chi connectivity index (χ1) is 5.72. The molecule has 0 aliphatic carbocycles. The van der Waals surface area contributed by atoms with E-state index in [0.29, 0.717) is 0 Å². The summed E-state index contributed by atoms with van der Waals surface area (Å²) >= 11 is 0. The molecule has 0 aromatic rings. The lowest BCUT2D eigenvalue weighted by Gasteiger charge is -2.20. The smallest absolute Gasteiger partial charge is 0.408 e. The van der Waals surface area contributed by atoms with Crippen molar-refractivity contribution in [3.8, 4) is 0 Å². The van der Waals surface area contributed by atoms with Gasteiger partial charge in [-0.15, -0.1) is 0 Å². The highest BCUT2D eigenvalue weighted by molar-refractivity contribution is 5.86. The van der Waals surface area contributed by atoms with E-state index in [1.165, 1.54) is 6.92 Å². The second-order valence-corrected chi connectivity index (χ2v) is 3.56. The van der Waals surface area contributed by atoms with Gasteiger partial charge in [-0.3, -0.25) is 0 Å². The zero-order chi connectivity index (χ0) is 10.6. The maximum atomic E-state index is 11.0. The number of alkyl carbamates (subject to hydrolysis) is 1. The predicted octanol–water partition coefficient (Wildman–Crippen LogP) is 1.15. The van der Waals surface area contributed by atoms with E-state index in [0.717, 1.165) is 0 Å². The normalized spacial score (nSPS) is 11.2. The second kappa shape index (κ2) is 4.11. The number of carboxylic acids is 1. The van der Waals surface area contributed by atoms with Crippen molar-refractivity contribution >= 4 is 12.1 Å². The number of carbonyl (C=O) groups excluding carboxylic acids is 1. The molecule has 0 aromatic heterocycles. The molecule has 1 radical (unpaired) electrons. The molecule has 0 atom stereocenters. The Balaban J connectivity index is 3.96. The third-order valence-electron chi connectivity index (χ3n) is 1.01. The Morgan fingerprint density at radius 3 is 2.08 bits per heavy atom. The average Bonchev–Trinajstić information content (AvgIpc) is 1.81. The fourth-order valence-corrected chi connectivity index (χ4v) is 0.510. The molecule has 0 rings (SSSR count). The monoisotopic (exact) mass is 188 g/mol. The van der Waals surface area contributed by atoms with E-state index >= 15 is 0 Å². The Morgan fingerprint density at radius 1 is 1.31 bits per heavy atom. The van der Waals surface area contributed by atoms with Crippen molar-refractivity contribution in [1.29, 1.82) is 0 Å². The molecule has 5 nitrogen and oxygen atoms in total. The fraction of sp³-hybridized carbons (Fsp3) is 0.625. The van der Waals surface area contributed by atoms with E-state index in [2.05, 4.69) is 5.32 Å². The fourth-order valence-electron chi connectivity index (χ4n) is 0.510. The van der Waals surface area contributed by atoms with Gasteiger partial charge in [-0.05, 0) is 27.7 Å².